The number of sulfonamides is 1. The quantitative estimate of drug-likeness (QED) is 0.867. The van der Waals surface area contributed by atoms with Gasteiger partial charge in [-0.1, -0.05) is 11.6 Å². The molecule has 100 valence electrons. The summed E-state index contributed by atoms with van der Waals surface area (Å²) in [5.41, 5.74) is 0.140. The van der Waals surface area contributed by atoms with Crippen LogP contribution in [0.25, 0.3) is 0 Å². The second kappa shape index (κ2) is 5.56. The molecule has 1 aromatic carbocycles. The Kier molecular flexibility index (Phi) is 4.77. The highest BCUT2D eigenvalue weighted by Crippen LogP contribution is 2.30. The molecule has 0 atom stereocenters. The summed E-state index contributed by atoms with van der Waals surface area (Å²) in [4.78, 5) is 11.6. The zero-order valence-corrected chi connectivity index (χ0v) is 12.9. The molecular weight excluding hydrogens is 344 g/mol. The van der Waals surface area contributed by atoms with Crippen molar-refractivity contribution in [1.29, 1.82) is 0 Å². The lowest BCUT2D eigenvalue weighted by atomic mass is 10.2. The zero-order valence-electron chi connectivity index (χ0n) is 9.70. The van der Waals surface area contributed by atoms with Crippen molar-refractivity contribution in [1.82, 2.24) is 5.32 Å². The molecule has 0 heterocycles. The van der Waals surface area contributed by atoms with Crippen LogP contribution < -0.4 is 10.5 Å². The van der Waals surface area contributed by atoms with Gasteiger partial charge < -0.3 is 5.32 Å². The van der Waals surface area contributed by atoms with Crippen molar-refractivity contribution in [2.75, 3.05) is 0 Å². The van der Waals surface area contributed by atoms with Gasteiger partial charge in [-0.15, -0.1) is 0 Å². The lowest BCUT2D eigenvalue weighted by molar-refractivity contribution is 0.0943. The van der Waals surface area contributed by atoms with Crippen molar-refractivity contribution >= 4 is 43.5 Å². The van der Waals surface area contributed by atoms with E-state index < -0.39 is 15.9 Å². The van der Waals surface area contributed by atoms with Crippen LogP contribution in [0.4, 0.5) is 0 Å². The second-order valence-electron chi connectivity index (χ2n) is 3.94. The number of hydrogen-bond acceptors (Lipinski definition) is 3. The smallest absolute Gasteiger partial charge is 0.251 e. The van der Waals surface area contributed by atoms with E-state index in [0.29, 0.717) is 0 Å². The van der Waals surface area contributed by atoms with Crippen LogP contribution in [0.3, 0.4) is 0 Å². The lowest BCUT2D eigenvalue weighted by Gasteiger charge is -2.11. The Morgan fingerprint density at radius 2 is 2.00 bits per heavy atom. The van der Waals surface area contributed by atoms with Crippen LogP contribution in [0, 0.1) is 0 Å². The summed E-state index contributed by atoms with van der Waals surface area (Å²) in [6.45, 7) is 3.58. The van der Waals surface area contributed by atoms with Gasteiger partial charge in [-0.05, 0) is 41.9 Å². The number of primary sulfonamides is 1. The van der Waals surface area contributed by atoms with E-state index in [1.807, 2.05) is 0 Å². The summed E-state index contributed by atoms with van der Waals surface area (Å²) < 4.78 is 22.9. The van der Waals surface area contributed by atoms with Gasteiger partial charge in [0.15, 0.2) is 0 Å². The van der Waals surface area contributed by atoms with E-state index in [9.17, 15) is 13.2 Å². The Morgan fingerprint density at radius 1 is 1.44 bits per heavy atom. The third-order valence-electron chi connectivity index (χ3n) is 1.98. The van der Waals surface area contributed by atoms with Gasteiger partial charge in [0.05, 0.1) is 14.4 Å². The molecule has 0 aromatic heterocycles. The van der Waals surface area contributed by atoms with Crippen LogP contribution in [-0.2, 0) is 10.0 Å². The predicted molar refractivity (Wildman–Crippen MR) is 73.1 cm³/mol. The van der Waals surface area contributed by atoms with E-state index >= 15 is 0 Å². The monoisotopic (exact) mass is 354 g/mol. The first-order valence-electron chi connectivity index (χ1n) is 4.95. The molecule has 3 N–H and O–H groups in total. The maximum atomic E-state index is 11.8. The fourth-order valence-corrected chi connectivity index (χ4v) is 3.08. The first-order chi connectivity index (χ1) is 8.12. The molecule has 0 aliphatic carbocycles. The molecule has 0 aliphatic heterocycles. The van der Waals surface area contributed by atoms with Crippen molar-refractivity contribution in [2.45, 2.75) is 24.8 Å². The van der Waals surface area contributed by atoms with Crippen molar-refractivity contribution in [2.24, 2.45) is 5.14 Å². The minimum absolute atomic E-state index is 0.0714. The molecule has 18 heavy (non-hydrogen) atoms. The highest BCUT2D eigenvalue weighted by molar-refractivity contribution is 9.10. The van der Waals surface area contributed by atoms with Gasteiger partial charge in [0.25, 0.3) is 5.91 Å². The number of amides is 1. The fourth-order valence-electron chi connectivity index (χ4n) is 1.25. The number of hydrogen-bond donors (Lipinski definition) is 2. The van der Waals surface area contributed by atoms with Crippen molar-refractivity contribution in [3.05, 3.63) is 27.2 Å². The Bertz CT molecular complexity index is 587. The predicted octanol–water partition coefficient (Wildman–Crippen LogP) is 1.89. The van der Waals surface area contributed by atoms with Crippen molar-refractivity contribution in [3.8, 4) is 0 Å². The van der Waals surface area contributed by atoms with Gasteiger partial charge in [-0.25, -0.2) is 13.6 Å². The summed E-state index contributed by atoms with van der Waals surface area (Å²) >= 11 is 8.89. The van der Waals surface area contributed by atoms with E-state index in [1.54, 1.807) is 13.8 Å². The minimum atomic E-state index is -3.95. The van der Waals surface area contributed by atoms with Gasteiger partial charge in [0, 0.05) is 11.6 Å². The number of carbonyl (C=O) groups excluding carboxylic acids is 1. The number of nitrogens with two attached hydrogens (primary N) is 1. The van der Waals surface area contributed by atoms with Gasteiger partial charge >= 0.3 is 0 Å². The largest absolute Gasteiger partial charge is 0.350 e. The normalized spacial score (nSPS) is 11.7. The standard InChI is InChI=1S/C10H12BrClN2O3S/c1-5(2)14-10(15)6-3-7(12)9(11)8(4-6)18(13,16)17/h3-5H,1-2H3,(H,14,15)(H2,13,16,17). The van der Waals surface area contributed by atoms with Crippen molar-refractivity contribution in [3.63, 3.8) is 0 Å². The molecule has 0 bridgehead atoms. The molecule has 0 fully saturated rings. The molecule has 1 rings (SSSR count). The maximum absolute atomic E-state index is 11.8. The molecule has 0 aliphatic rings. The number of nitrogens with one attached hydrogen (secondary N) is 1. The van der Waals surface area contributed by atoms with Crippen LogP contribution >= 0.6 is 27.5 Å². The molecule has 0 unspecified atom stereocenters. The summed E-state index contributed by atoms with van der Waals surface area (Å²) in [6, 6.07) is 2.49. The second-order valence-corrected chi connectivity index (χ2v) is 6.67. The van der Waals surface area contributed by atoms with Gasteiger partial charge in [0.1, 0.15) is 0 Å². The van der Waals surface area contributed by atoms with E-state index in [2.05, 4.69) is 21.2 Å². The van der Waals surface area contributed by atoms with E-state index in [4.69, 9.17) is 16.7 Å². The molecule has 1 aromatic rings. The van der Waals surface area contributed by atoms with E-state index in [1.165, 1.54) is 12.1 Å². The lowest BCUT2D eigenvalue weighted by Crippen LogP contribution is -2.30. The minimum Gasteiger partial charge on any atom is -0.350 e. The maximum Gasteiger partial charge on any atom is 0.251 e. The molecule has 0 radical (unpaired) electrons. The van der Waals surface area contributed by atoms with E-state index in [0.717, 1.165) is 0 Å². The number of benzene rings is 1. The first kappa shape index (κ1) is 15.4. The Hall–Kier alpha value is -0.630. The average Bonchev–Trinajstić information content (AvgIpc) is 2.18. The molecule has 0 saturated carbocycles. The first-order valence-corrected chi connectivity index (χ1v) is 7.67. The number of carbonyl (C=O) groups is 1. The summed E-state index contributed by atoms with van der Waals surface area (Å²) in [5.74, 6) is -0.413. The molecule has 0 saturated heterocycles. The summed E-state index contributed by atoms with van der Waals surface area (Å²) in [5, 5.41) is 7.79. The van der Waals surface area contributed by atoms with Gasteiger partial charge in [-0.3, -0.25) is 4.79 Å². The molecule has 8 heteroatoms. The third kappa shape index (κ3) is 3.68. The van der Waals surface area contributed by atoms with Gasteiger partial charge in [0.2, 0.25) is 10.0 Å². The molecular formula is C10H12BrClN2O3S. The highest BCUT2D eigenvalue weighted by Gasteiger charge is 2.19. The fraction of sp³-hybridized carbons (Fsp3) is 0.300. The number of halogens is 2. The van der Waals surface area contributed by atoms with E-state index in [-0.39, 0.29) is 26.0 Å². The van der Waals surface area contributed by atoms with Crippen LogP contribution in [0.15, 0.2) is 21.5 Å². The van der Waals surface area contributed by atoms with Crippen LogP contribution in [0.1, 0.15) is 24.2 Å². The van der Waals surface area contributed by atoms with Crippen LogP contribution in [0.2, 0.25) is 5.02 Å². The highest BCUT2D eigenvalue weighted by atomic mass is 79.9. The van der Waals surface area contributed by atoms with Crippen LogP contribution in [-0.4, -0.2) is 20.4 Å². The average molecular weight is 356 g/mol. The third-order valence-corrected chi connectivity index (χ3v) is 4.56. The Balaban J connectivity index is 3.34. The number of rotatable bonds is 3. The molecule has 0 spiro atoms. The zero-order chi connectivity index (χ0) is 14.1. The SMILES string of the molecule is CC(C)NC(=O)c1cc(Cl)c(Br)c(S(N)(=O)=O)c1. The van der Waals surface area contributed by atoms with Gasteiger partial charge in [-0.2, -0.15) is 0 Å². The molecule has 1 amide bonds. The Morgan fingerprint density at radius 3 is 2.44 bits per heavy atom. The van der Waals surface area contributed by atoms with Crippen LogP contribution in [0.5, 0.6) is 0 Å². The summed E-state index contributed by atoms with van der Waals surface area (Å²) in [6.07, 6.45) is 0. The topological polar surface area (TPSA) is 89.3 Å². The Labute approximate surface area is 119 Å². The van der Waals surface area contributed by atoms with Crippen molar-refractivity contribution < 1.29 is 13.2 Å². The molecule has 5 nitrogen and oxygen atoms in total. The summed E-state index contributed by atoms with van der Waals surface area (Å²) in [7, 11) is -3.95.